The van der Waals surface area contributed by atoms with Crippen LogP contribution in [0.4, 0.5) is 11.8 Å². The first-order valence-corrected chi connectivity index (χ1v) is 11.0. The summed E-state index contributed by atoms with van der Waals surface area (Å²) in [4.78, 5) is 22.4. The molecule has 3 heterocycles. The lowest BCUT2D eigenvalue weighted by Gasteiger charge is -2.29. The van der Waals surface area contributed by atoms with Crippen molar-refractivity contribution in [2.75, 3.05) is 17.7 Å². The van der Waals surface area contributed by atoms with Crippen LogP contribution in [0.3, 0.4) is 0 Å². The number of nitrogens with one attached hydrogen (secondary N) is 2. The molecule has 8 nitrogen and oxygen atoms in total. The molecule has 0 saturated heterocycles. The van der Waals surface area contributed by atoms with Crippen LogP contribution in [0.2, 0.25) is 5.02 Å². The molecule has 0 radical (unpaired) electrons. The van der Waals surface area contributed by atoms with Crippen LogP contribution in [0.1, 0.15) is 18.5 Å². The quantitative estimate of drug-likeness (QED) is 0.427. The summed E-state index contributed by atoms with van der Waals surface area (Å²) in [5, 5.41) is 11.5. The van der Waals surface area contributed by atoms with Crippen LogP contribution in [0.15, 0.2) is 84.2 Å². The third-order valence-corrected chi connectivity index (χ3v) is 5.79. The van der Waals surface area contributed by atoms with Crippen molar-refractivity contribution in [1.29, 1.82) is 0 Å². The summed E-state index contributed by atoms with van der Waals surface area (Å²) in [6.07, 6.45) is 1.63. The van der Waals surface area contributed by atoms with Crippen LogP contribution >= 0.6 is 11.6 Å². The predicted octanol–water partition coefficient (Wildman–Crippen LogP) is 4.93. The monoisotopic (exact) mass is 472 g/mol. The Labute approximate surface area is 201 Å². The second-order valence-electron chi connectivity index (χ2n) is 7.69. The zero-order valence-corrected chi connectivity index (χ0v) is 19.2. The van der Waals surface area contributed by atoms with Crippen molar-refractivity contribution in [2.24, 2.45) is 0 Å². The minimum Gasteiger partial charge on any atom is -0.496 e. The Kier molecular flexibility index (Phi) is 5.73. The summed E-state index contributed by atoms with van der Waals surface area (Å²) in [6.45, 7) is 1.84. The lowest BCUT2D eigenvalue weighted by molar-refractivity contribution is -0.113. The first-order valence-electron chi connectivity index (χ1n) is 10.6. The molecule has 0 saturated carbocycles. The Bertz CT molecular complexity index is 1380. The number of aromatic nitrogens is 4. The number of methoxy groups -OCH3 is 1. The van der Waals surface area contributed by atoms with Gasteiger partial charge in [0, 0.05) is 28.0 Å². The molecule has 1 unspecified atom stereocenters. The van der Waals surface area contributed by atoms with Gasteiger partial charge >= 0.3 is 0 Å². The van der Waals surface area contributed by atoms with E-state index in [-0.39, 0.29) is 5.91 Å². The van der Waals surface area contributed by atoms with Gasteiger partial charge in [-0.1, -0.05) is 35.9 Å². The lowest BCUT2D eigenvalue weighted by Crippen LogP contribution is -2.31. The largest absolute Gasteiger partial charge is 0.496 e. The maximum atomic E-state index is 13.5. The molecule has 9 heteroatoms. The van der Waals surface area contributed by atoms with Crippen molar-refractivity contribution in [3.63, 3.8) is 0 Å². The number of para-hydroxylation sites is 1. The van der Waals surface area contributed by atoms with Crippen molar-refractivity contribution in [2.45, 2.75) is 13.0 Å². The molecular formula is C25H21ClN6O2. The molecular weight excluding hydrogens is 452 g/mol. The number of pyridine rings is 1. The van der Waals surface area contributed by atoms with E-state index in [1.54, 1.807) is 42.3 Å². The molecule has 0 fully saturated rings. The van der Waals surface area contributed by atoms with Gasteiger partial charge in [-0.05, 0) is 49.4 Å². The maximum Gasteiger partial charge on any atom is 0.257 e. The molecule has 5 rings (SSSR count). The van der Waals surface area contributed by atoms with Gasteiger partial charge in [-0.2, -0.15) is 4.98 Å². The van der Waals surface area contributed by atoms with E-state index in [1.165, 1.54) is 0 Å². The predicted molar refractivity (Wildman–Crippen MR) is 131 cm³/mol. The Balaban J connectivity index is 1.63. The lowest BCUT2D eigenvalue weighted by atomic mass is 9.94. The number of anilines is 2. The van der Waals surface area contributed by atoms with E-state index < -0.39 is 6.04 Å². The molecule has 1 aliphatic heterocycles. The van der Waals surface area contributed by atoms with Crippen LogP contribution in [-0.2, 0) is 4.79 Å². The number of carbonyl (C=O) groups is 1. The van der Waals surface area contributed by atoms with Gasteiger partial charge in [0.2, 0.25) is 5.95 Å². The fraction of sp³-hybridized carbons (Fsp3) is 0.120. The van der Waals surface area contributed by atoms with Gasteiger partial charge in [-0.15, -0.1) is 5.10 Å². The third-order valence-electron chi connectivity index (χ3n) is 5.54. The first kappa shape index (κ1) is 21.7. The number of fused-ring (bicyclic) bond motifs is 1. The maximum absolute atomic E-state index is 13.5. The zero-order chi connectivity index (χ0) is 23.7. The van der Waals surface area contributed by atoms with Crippen LogP contribution in [0.25, 0.3) is 11.4 Å². The minimum absolute atomic E-state index is 0.297. The molecule has 2 aromatic carbocycles. The molecule has 2 aromatic heterocycles. The van der Waals surface area contributed by atoms with Crippen molar-refractivity contribution in [1.82, 2.24) is 19.7 Å². The smallest absolute Gasteiger partial charge is 0.257 e. The number of rotatable bonds is 5. The summed E-state index contributed by atoms with van der Waals surface area (Å²) < 4.78 is 7.35. The second kappa shape index (κ2) is 8.99. The first-order chi connectivity index (χ1) is 16.5. The number of ether oxygens (including phenoxy) is 1. The molecule has 1 aliphatic rings. The molecule has 0 spiro atoms. The number of nitrogens with zero attached hydrogens (tertiary/aromatic N) is 4. The van der Waals surface area contributed by atoms with Crippen LogP contribution in [0, 0.1) is 0 Å². The van der Waals surface area contributed by atoms with Crippen molar-refractivity contribution < 1.29 is 9.53 Å². The highest BCUT2D eigenvalue weighted by Crippen LogP contribution is 2.40. The Morgan fingerprint density at radius 1 is 1.09 bits per heavy atom. The third kappa shape index (κ3) is 3.99. The van der Waals surface area contributed by atoms with E-state index >= 15 is 0 Å². The number of allylic oxidation sites excluding steroid dienone is 1. The van der Waals surface area contributed by atoms with Crippen molar-refractivity contribution in [3.8, 4) is 17.1 Å². The van der Waals surface area contributed by atoms with Crippen molar-refractivity contribution in [3.05, 3.63) is 94.8 Å². The summed E-state index contributed by atoms with van der Waals surface area (Å²) >= 11 is 6.05. The Morgan fingerprint density at radius 3 is 2.59 bits per heavy atom. The zero-order valence-electron chi connectivity index (χ0n) is 18.5. The van der Waals surface area contributed by atoms with Crippen LogP contribution in [0.5, 0.6) is 5.75 Å². The fourth-order valence-corrected chi connectivity index (χ4v) is 4.09. The van der Waals surface area contributed by atoms with Gasteiger partial charge in [0.05, 0.1) is 12.7 Å². The standard InChI is InChI=1S/C25H21ClN6O2/c1-15-21(24(33)29-20-9-5-6-14-27-20)22(18-7-3-4-8-19(18)34-2)32-25(28-15)30-23(31-32)16-10-12-17(26)13-11-16/h3-14,22H,1-2H3,(H,27,29,33)(H,28,30,31). The SMILES string of the molecule is COc1ccccc1C1C(C(=O)Nc2ccccn2)=C(C)Nc2nc(-c3ccc(Cl)cc3)nn21. The number of benzene rings is 2. The highest BCUT2D eigenvalue weighted by Gasteiger charge is 2.36. The molecule has 1 amide bonds. The molecule has 34 heavy (non-hydrogen) atoms. The Morgan fingerprint density at radius 2 is 1.85 bits per heavy atom. The van der Waals surface area contributed by atoms with Gasteiger partial charge in [0.15, 0.2) is 5.82 Å². The van der Waals surface area contributed by atoms with Crippen LogP contribution < -0.4 is 15.4 Å². The number of hydrogen-bond acceptors (Lipinski definition) is 6. The van der Waals surface area contributed by atoms with Gasteiger partial charge in [-0.3, -0.25) is 4.79 Å². The van der Waals surface area contributed by atoms with Gasteiger partial charge < -0.3 is 15.4 Å². The number of carbonyl (C=O) groups excluding carboxylic acids is 1. The van der Waals surface area contributed by atoms with Gasteiger partial charge in [0.25, 0.3) is 5.91 Å². The highest BCUT2D eigenvalue weighted by molar-refractivity contribution is 6.30. The molecule has 0 aliphatic carbocycles. The summed E-state index contributed by atoms with van der Waals surface area (Å²) in [5.41, 5.74) is 2.73. The van der Waals surface area contributed by atoms with E-state index in [9.17, 15) is 4.79 Å². The van der Waals surface area contributed by atoms with Gasteiger partial charge in [0.1, 0.15) is 17.6 Å². The van der Waals surface area contributed by atoms with E-state index in [0.717, 1.165) is 11.1 Å². The molecule has 4 aromatic rings. The summed E-state index contributed by atoms with van der Waals surface area (Å²) in [7, 11) is 1.60. The molecule has 2 N–H and O–H groups in total. The molecule has 0 bridgehead atoms. The van der Waals surface area contributed by atoms with E-state index in [0.29, 0.717) is 39.6 Å². The normalized spacial score (nSPS) is 14.9. The van der Waals surface area contributed by atoms with E-state index in [4.69, 9.17) is 21.4 Å². The molecule has 170 valence electrons. The average molecular weight is 473 g/mol. The average Bonchev–Trinajstić information content (AvgIpc) is 3.27. The molecule has 1 atom stereocenters. The summed E-state index contributed by atoms with van der Waals surface area (Å²) in [6, 6.07) is 19.6. The minimum atomic E-state index is -0.579. The fourth-order valence-electron chi connectivity index (χ4n) is 3.97. The second-order valence-corrected chi connectivity index (χ2v) is 8.12. The van der Waals surface area contributed by atoms with Crippen molar-refractivity contribution >= 4 is 29.3 Å². The number of halogens is 1. The number of amides is 1. The topological polar surface area (TPSA) is 94.0 Å². The Hall–Kier alpha value is -4.17. The van der Waals surface area contributed by atoms with Crippen LogP contribution in [-0.4, -0.2) is 32.8 Å². The highest BCUT2D eigenvalue weighted by atomic mass is 35.5. The number of hydrogen-bond donors (Lipinski definition) is 2. The van der Waals surface area contributed by atoms with E-state index in [1.807, 2.05) is 49.4 Å². The van der Waals surface area contributed by atoms with E-state index in [2.05, 4.69) is 20.6 Å². The summed E-state index contributed by atoms with van der Waals surface area (Å²) in [5.74, 6) is 1.83. The van der Waals surface area contributed by atoms with Gasteiger partial charge in [-0.25, -0.2) is 9.67 Å².